The molecule has 0 amide bonds. The lowest BCUT2D eigenvalue weighted by atomic mass is 10.2. The molecule has 1 heterocycles. The van der Waals surface area contributed by atoms with E-state index in [-0.39, 0.29) is 0 Å². The Morgan fingerprint density at radius 2 is 1.74 bits per heavy atom. The van der Waals surface area contributed by atoms with Crippen LogP contribution in [-0.2, 0) is 7.05 Å². The first-order valence-corrected chi connectivity index (χ1v) is 6.23. The van der Waals surface area contributed by atoms with E-state index in [1.165, 1.54) is 10.9 Å². The van der Waals surface area contributed by atoms with Gasteiger partial charge in [0.05, 0.1) is 17.6 Å². The van der Waals surface area contributed by atoms with Crippen LogP contribution in [0.3, 0.4) is 0 Å². The minimum absolute atomic E-state index is 0.984. The summed E-state index contributed by atoms with van der Waals surface area (Å²) in [7, 11) is 2.05. The molecule has 1 aromatic heterocycles. The molecule has 0 aliphatic rings. The van der Waals surface area contributed by atoms with E-state index in [1.807, 2.05) is 55.7 Å². The predicted octanol–water partition coefficient (Wildman–Crippen LogP) is 3.62. The fourth-order valence-corrected chi connectivity index (χ4v) is 2.12. The van der Waals surface area contributed by atoms with Gasteiger partial charge in [0, 0.05) is 18.0 Å². The van der Waals surface area contributed by atoms with Crippen LogP contribution in [0.4, 0.5) is 5.69 Å². The maximum absolute atomic E-state index is 4.27. The first-order valence-electron chi connectivity index (χ1n) is 6.23. The van der Waals surface area contributed by atoms with E-state index >= 15 is 0 Å². The topological polar surface area (TPSA) is 29.3 Å². The van der Waals surface area contributed by atoms with Gasteiger partial charge in [-0.15, -0.1) is 0 Å². The monoisotopic (exact) mass is 249 g/mol. The third-order valence-electron chi connectivity index (χ3n) is 3.15. The van der Waals surface area contributed by atoms with Gasteiger partial charge in [-0.3, -0.25) is 5.43 Å². The number of fused-ring (bicyclic) bond motifs is 1. The van der Waals surface area contributed by atoms with Crippen molar-refractivity contribution in [2.24, 2.45) is 12.1 Å². The number of nitrogens with zero attached hydrogens (tertiary/aromatic N) is 2. The Kier molecular flexibility index (Phi) is 3.02. The number of hydrogen-bond acceptors (Lipinski definition) is 2. The maximum atomic E-state index is 4.27. The molecule has 3 rings (SSSR count). The summed E-state index contributed by atoms with van der Waals surface area (Å²) < 4.78 is 2.13. The SMILES string of the molecule is Cn1c(/C=N/Nc2ccccc2)cc2ccccc21. The lowest BCUT2D eigenvalue weighted by Gasteiger charge is -2.00. The van der Waals surface area contributed by atoms with Crippen LogP contribution < -0.4 is 5.43 Å². The number of rotatable bonds is 3. The van der Waals surface area contributed by atoms with Crippen LogP contribution >= 0.6 is 0 Å². The van der Waals surface area contributed by atoms with E-state index in [1.54, 1.807) is 0 Å². The molecule has 3 heteroatoms. The largest absolute Gasteiger partial charge is 0.343 e. The summed E-state index contributed by atoms with van der Waals surface area (Å²) in [5.74, 6) is 0. The van der Waals surface area contributed by atoms with E-state index in [4.69, 9.17) is 0 Å². The van der Waals surface area contributed by atoms with Crippen molar-refractivity contribution in [3.8, 4) is 0 Å². The average molecular weight is 249 g/mol. The molecule has 0 saturated carbocycles. The zero-order valence-corrected chi connectivity index (χ0v) is 10.7. The Labute approximate surface area is 112 Å². The summed E-state index contributed by atoms with van der Waals surface area (Å²) in [6.07, 6.45) is 1.84. The number of aromatic nitrogens is 1. The van der Waals surface area contributed by atoms with Gasteiger partial charge in [0.2, 0.25) is 0 Å². The highest BCUT2D eigenvalue weighted by Gasteiger charge is 2.01. The summed E-state index contributed by atoms with van der Waals surface area (Å²) >= 11 is 0. The van der Waals surface area contributed by atoms with Crippen LogP contribution in [0.1, 0.15) is 5.69 Å². The highest BCUT2D eigenvalue weighted by atomic mass is 15.3. The molecule has 0 aliphatic carbocycles. The molecule has 0 atom stereocenters. The van der Waals surface area contributed by atoms with Crippen LogP contribution in [0.15, 0.2) is 65.8 Å². The predicted molar refractivity (Wildman–Crippen MR) is 80.6 cm³/mol. The van der Waals surface area contributed by atoms with Crippen LogP contribution in [0.5, 0.6) is 0 Å². The van der Waals surface area contributed by atoms with Crippen LogP contribution in [-0.4, -0.2) is 10.8 Å². The average Bonchev–Trinajstić information content (AvgIpc) is 2.78. The Balaban J connectivity index is 1.83. The number of hydrogen-bond donors (Lipinski definition) is 1. The van der Waals surface area contributed by atoms with Crippen molar-refractivity contribution in [2.75, 3.05) is 5.43 Å². The Hall–Kier alpha value is -2.55. The molecule has 0 aliphatic heterocycles. The Bertz CT molecular complexity index is 711. The molecule has 0 spiro atoms. The molecular formula is C16H15N3. The third kappa shape index (κ3) is 2.36. The molecule has 3 aromatic rings. The molecule has 94 valence electrons. The zero-order valence-electron chi connectivity index (χ0n) is 10.7. The van der Waals surface area contributed by atoms with Crippen molar-refractivity contribution in [3.05, 3.63) is 66.4 Å². The maximum Gasteiger partial charge on any atom is 0.0709 e. The summed E-state index contributed by atoms with van der Waals surface area (Å²) in [5.41, 5.74) is 6.29. The fraction of sp³-hybridized carbons (Fsp3) is 0.0625. The molecule has 3 nitrogen and oxygen atoms in total. The van der Waals surface area contributed by atoms with E-state index in [0.29, 0.717) is 0 Å². The Morgan fingerprint density at radius 3 is 2.53 bits per heavy atom. The highest BCUT2D eigenvalue weighted by molar-refractivity contribution is 5.90. The number of nitrogens with one attached hydrogen (secondary N) is 1. The number of anilines is 1. The fourth-order valence-electron chi connectivity index (χ4n) is 2.12. The van der Waals surface area contributed by atoms with Crippen molar-refractivity contribution in [1.82, 2.24) is 4.57 Å². The quantitative estimate of drug-likeness (QED) is 0.557. The third-order valence-corrected chi connectivity index (χ3v) is 3.15. The first-order chi connectivity index (χ1) is 9.34. The lowest BCUT2D eigenvalue weighted by molar-refractivity contribution is 0.958. The van der Waals surface area contributed by atoms with Gasteiger partial charge in [-0.2, -0.15) is 5.10 Å². The number of para-hydroxylation sites is 2. The summed E-state index contributed by atoms with van der Waals surface area (Å²) in [4.78, 5) is 0. The van der Waals surface area contributed by atoms with E-state index in [0.717, 1.165) is 11.4 Å². The van der Waals surface area contributed by atoms with Crippen molar-refractivity contribution in [1.29, 1.82) is 0 Å². The van der Waals surface area contributed by atoms with Gasteiger partial charge in [-0.25, -0.2) is 0 Å². The molecule has 0 fully saturated rings. The number of benzene rings is 2. The summed E-state index contributed by atoms with van der Waals surface area (Å²) in [6.45, 7) is 0. The molecule has 0 saturated heterocycles. The normalized spacial score (nSPS) is 11.2. The Morgan fingerprint density at radius 1 is 1.00 bits per heavy atom. The second kappa shape index (κ2) is 4.98. The van der Waals surface area contributed by atoms with Crippen molar-refractivity contribution in [3.63, 3.8) is 0 Å². The summed E-state index contributed by atoms with van der Waals surface area (Å²) in [5, 5.41) is 5.50. The van der Waals surface area contributed by atoms with Gasteiger partial charge >= 0.3 is 0 Å². The van der Waals surface area contributed by atoms with Crippen molar-refractivity contribution in [2.45, 2.75) is 0 Å². The minimum atomic E-state index is 0.984. The molecule has 0 bridgehead atoms. The molecule has 0 unspecified atom stereocenters. The minimum Gasteiger partial charge on any atom is -0.343 e. The van der Waals surface area contributed by atoms with E-state index in [9.17, 15) is 0 Å². The standard InChI is InChI=1S/C16H15N3/c1-19-15(11-13-7-5-6-10-16(13)19)12-17-18-14-8-3-2-4-9-14/h2-12,18H,1H3/b17-12+. The van der Waals surface area contributed by atoms with Crippen LogP contribution in [0.2, 0.25) is 0 Å². The van der Waals surface area contributed by atoms with Gasteiger partial charge in [-0.05, 0) is 24.3 Å². The zero-order chi connectivity index (χ0) is 13.1. The second-order valence-electron chi connectivity index (χ2n) is 4.42. The van der Waals surface area contributed by atoms with E-state index < -0.39 is 0 Å². The molecule has 2 aromatic carbocycles. The summed E-state index contributed by atoms with van der Waals surface area (Å²) in [6, 6.07) is 20.4. The van der Waals surface area contributed by atoms with E-state index in [2.05, 4.69) is 33.3 Å². The smallest absolute Gasteiger partial charge is 0.0709 e. The van der Waals surface area contributed by atoms with Crippen molar-refractivity contribution < 1.29 is 0 Å². The van der Waals surface area contributed by atoms with Gasteiger partial charge in [0.25, 0.3) is 0 Å². The van der Waals surface area contributed by atoms with Gasteiger partial charge in [0.15, 0.2) is 0 Å². The van der Waals surface area contributed by atoms with Gasteiger partial charge < -0.3 is 4.57 Å². The van der Waals surface area contributed by atoms with Gasteiger partial charge in [-0.1, -0.05) is 36.4 Å². The molecular weight excluding hydrogens is 234 g/mol. The first kappa shape index (κ1) is 11.5. The van der Waals surface area contributed by atoms with Crippen LogP contribution in [0, 0.1) is 0 Å². The highest BCUT2D eigenvalue weighted by Crippen LogP contribution is 2.17. The molecule has 19 heavy (non-hydrogen) atoms. The van der Waals surface area contributed by atoms with Crippen molar-refractivity contribution >= 4 is 22.8 Å². The lowest BCUT2D eigenvalue weighted by Crippen LogP contribution is -1.96. The van der Waals surface area contributed by atoms with Crippen LogP contribution in [0.25, 0.3) is 10.9 Å². The molecule has 0 radical (unpaired) electrons. The second-order valence-corrected chi connectivity index (χ2v) is 4.42. The number of aryl methyl sites for hydroxylation is 1. The number of hydrazone groups is 1. The molecule has 1 N–H and O–H groups in total. The van der Waals surface area contributed by atoms with Gasteiger partial charge in [0.1, 0.15) is 0 Å².